The molecule has 0 saturated heterocycles. The summed E-state index contributed by atoms with van der Waals surface area (Å²) in [5, 5.41) is 1.10. The van der Waals surface area contributed by atoms with Crippen LogP contribution in [0.5, 0.6) is 11.5 Å². The summed E-state index contributed by atoms with van der Waals surface area (Å²) >= 11 is 9.75. The maximum absolute atomic E-state index is 6.13. The molecule has 0 atom stereocenters. The maximum atomic E-state index is 6.13. The number of fused-ring (bicyclic) bond motifs is 1. The molecular formula is C16H16BrClN4O2. The predicted octanol–water partition coefficient (Wildman–Crippen LogP) is 3.80. The molecule has 2 N–H and O–H groups in total. The fraction of sp³-hybridized carbons (Fsp3) is 0.250. The van der Waals surface area contributed by atoms with Gasteiger partial charge in [0.25, 0.3) is 0 Å². The Morgan fingerprint density at radius 3 is 2.71 bits per heavy atom. The van der Waals surface area contributed by atoms with E-state index in [1.54, 1.807) is 14.2 Å². The number of hydrogen-bond donors (Lipinski definition) is 1. The number of rotatable bonds is 4. The summed E-state index contributed by atoms with van der Waals surface area (Å²) in [4.78, 5) is 8.27. The average Bonchev–Trinajstić information content (AvgIpc) is 2.93. The molecule has 0 aliphatic carbocycles. The molecule has 0 saturated carbocycles. The van der Waals surface area contributed by atoms with Crippen molar-refractivity contribution in [3.8, 4) is 11.5 Å². The number of nitrogens with two attached hydrogens (primary N) is 1. The van der Waals surface area contributed by atoms with Gasteiger partial charge in [0, 0.05) is 11.8 Å². The number of halogens is 2. The number of hydrogen-bond acceptors (Lipinski definition) is 5. The van der Waals surface area contributed by atoms with Crippen molar-refractivity contribution < 1.29 is 9.47 Å². The molecule has 8 heteroatoms. The Morgan fingerprint density at radius 1 is 1.29 bits per heavy atom. The minimum absolute atomic E-state index is 0.144. The van der Waals surface area contributed by atoms with E-state index in [4.69, 9.17) is 26.8 Å². The topological polar surface area (TPSA) is 75.2 Å². The Hall–Kier alpha value is -1.99. The Bertz CT molecular complexity index is 926. The maximum Gasteiger partial charge on any atom is 0.223 e. The zero-order valence-corrected chi connectivity index (χ0v) is 15.8. The molecule has 0 unspecified atom stereocenters. The normalized spacial score (nSPS) is 11.0. The van der Waals surface area contributed by atoms with Crippen LogP contribution in [0.25, 0.3) is 11.0 Å². The first-order valence-corrected chi connectivity index (χ1v) is 8.31. The molecule has 0 amide bonds. The summed E-state index contributed by atoms with van der Waals surface area (Å²) in [5.74, 6) is 1.65. The first-order valence-electron chi connectivity index (χ1n) is 7.14. The molecule has 0 spiro atoms. The van der Waals surface area contributed by atoms with Gasteiger partial charge in [0.15, 0.2) is 0 Å². The van der Waals surface area contributed by atoms with Crippen LogP contribution < -0.4 is 15.2 Å². The Balaban J connectivity index is 2.12. The number of benzene rings is 1. The molecule has 0 aliphatic rings. The number of nitrogens with zero attached hydrogens (tertiary/aromatic N) is 3. The van der Waals surface area contributed by atoms with E-state index in [9.17, 15) is 0 Å². The van der Waals surface area contributed by atoms with Gasteiger partial charge in [0.1, 0.15) is 22.3 Å². The van der Waals surface area contributed by atoms with Crippen molar-refractivity contribution in [1.29, 1.82) is 0 Å². The fourth-order valence-corrected chi connectivity index (χ4v) is 3.61. The smallest absolute Gasteiger partial charge is 0.223 e. The number of anilines is 1. The quantitative estimate of drug-likeness (QED) is 0.661. The van der Waals surface area contributed by atoms with Crippen LogP contribution >= 0.6 is 27.5 Å². The first-order chi connectivity index (χ1) is 11.5. The summed E-state index contributed by atoms with van der Waals surface area (Å²) in [6, 6.07) is 3.84. The van der Waals surface area contributed by atoms with Crippen LogP contribution in [-0.4, -0.2) is 28.8 Å². The summed E-state index contributed by atoms with van der Waals surface area (Å²) in [7, 11) is 3.27. The van der Waals surface area contributed by atoms with Gasteiger partial charge < -0.3 is 19.8 Å². The van der Waals surface area contributed by atoms with E-state index < -0.39 is 0 Å². The van der Waals surface area contributed by atoms with Crippen LogP contribution in [0.15, 0.2) is 22.8 Å². The van der Waals surface area contributed by atoms with Crippen LogP contribution in [0.1, 0.15) is 11.1 Å². The van der Waals surface area contributed by atoms with E-state index in [-0.39, 0.29) is 5.95 Å². The summed E-state index contributed by atoms with van der Waals surface area (Å²) in [6.45, 7) is 2.49. The van der Waals surface area contributed by atoms with E-state index in [0.29, 0.717) is 17.3 Å². The lowest BCUT2D eigenvalue weighted by atomic mass is 10.1. The first kappa shape index (κ1) is 16.9. The molecule has 6 nitrogen and oxygen atoms in total. The Kier molecular flexibility index (Phi) is 4.56. The second kappa shape index (κ2) is 6.49. The number of nitrogen functional groups attached to an aromatic ring is 1. The molecule has 0 bridgehead atoms. The van der Waals surface area contributed by atoms with Gasteiger partial charge >= 0.3 is 0 Å². The van der Waals surface area contributed by atoms with Crippen LogP contribution in [0.4, 0.5) is 5.95 Å². The standard InChI is InChI=1S/C16H16BrClN4O2/c1-8-11(23-2)6-9(12(17)13(8)24-3)7-22-5-4-10-14(18)20-16(19)21-15(10)22/h4-6H,7H2,1-3H3,(H2,19,20,21). The number of ether oxygens (including phenoxy) is 2. The molecule has 1 aromatic carbocycles. The molecule has 0 radical (unpaired) electrons. The summed E-state index contributed by atoms with van der Waals surface area (Å²) in [5.41, 5.74) is 8.32. The van der Waals surface area contributed by atoms with Gasteiger partial charge in [-0.3, -0.25) is 0 Å². The van der Waals surface area contributed by atoms with Crippen molar-refractivity contribution in [1.82, 2.24) is 14.5 Å². The molecule has 3 rings (SSSR count). The highest BCUT2D eigenvalue weighted by molar-refractivity contribution is 9.10. The molecule has 2 aromatic heterocycles. The molecule has 0 fully saturated rings. The lowest BCUT2D eigenvalue weighted by Gasteiger charge is -2.16. The number of methoxy groups -OCH3 is 2. The summed E-state index contributed by atoms with van der Waals surface area (Å²) < 4.78 is 13.8. The van der Waals surface area contributed by atoms with Crippen molar-refractivity contribution in [3.05, 3.63) is 39.1 Å². The third kappa shape index (κ3) is 2.78. The molecule has 2 heterocycles. The van der Waals surface area contributed by atoms with Gasteiger partial charge in [-0.1, -0.05) is 11.6 Å². The second-order valence-electron chi connectivity index (χ2n) is 5.26. The van der Waals surface area contributed by atoms with E-state index in [1.165, 1.54) is 0 Å². The minimum Gasteiger partial charge on any atom is -0.496 e. The highest BCUT2D eigenvalue weighted by Crippen LogP contribution is 2.38. The molecule has 0 aliphatic heterocycles. The van der Waals surface area contributed by atoms with Gasteiger partial charge in [-0.05, 0) is 40.5 Å². The largest absolute Gasteiger partial charge is 0.496 e. The van der Waals surface area contributed by atoms with Crippen molar-refractivity contribution in [2.75, 3.05) is 20.0 Å². The van der Waals surface area contributed by atoms with E-state index >= 15 is 0 Å². The SMILES string of the molecule is COc1cc(Cn2ccc3c(Cl)nc(N)nc32)c(Br)c(OC)c1C. The molecule has 126 valence electrons. The van der Waals surface area contributed by atoms with Crippen LogP contribution in [-0.2, 0) is 6.54 Å². The van der Waals surface area contributed by atoms with Crippen molar-refractivity contribution in [3.63, 3.8) is 0 Å². The van der Waals surface area contributed by atoms with Crippen molar-refractivity contribution >= 4 is 44.5 Å². The van der Waals surface area contributed by atoms with Crippen molar-refractivity contribution in [2.45, 2.75) is 13.5 Å². The van der Waals surface area contributed by atoms with Gasteiger partial charge in [-0.2, -0.15) is 4.98 Å². The monoisotopic (exact) mass is 410 g/mol. The Labute approximate surface area is 152 Å². The molecule has 24 heavy (non-hydrogen) atoms. The molecule has 3 aromatic rings. The Morgan fingerprint density at radius 2 is 2.04 bits per heavy atom. The van der Waals surface area contributed by atoms with Gasteiger partial charge in [-0.15, -0.1) is 0 Å². The molecular weight excluding hydrogens is 396 g/mol. The zero-order chi connectivity index (χ0) is 17.4. The van der Waals surface area contributed by atoms with E-state index in [1.807, 2.05) is 29.8 Å². The second-order valence-corrected chi connectivity index (χ2v) is 6.41. The summed E-state index contributed by atoms with van der Waals surface area (Å²) in [6.07, 6.45) is 1.90. The lowest BCUT2D eigenvalue weighted by Crippen LogP contribution is -2.05. The van der Waals surface area contributed by atoms with Crippen LogP contribution in [0.3, 0.4) is 0 Å². The third-order valence-corrected chi connectivity index (χ3v) is 5.01. The van der Waals surface area contributed by atoms with Crippen molar-refractivity contribution in [2.24, 2.45) is 0 Å². The highest BCUT2D eigenvalue weighted by Gasteiger charge is 2.17. The van der Waals surface area contributed by atoms with Crippen LogP contribution in [0.2, 0.25) is 5.15 Å². The van der Waals surface area contributed by atoms with Gasteiger partial charge in [-0.25, -0.2) is 4.98 Å². The average molecular weight is 412 g/mol. The van der Waals surface area contributed by atoms with Crippen LogP contribution in [0, 0.1) is 6.92 Å². The van der Waals surface area contributed by atoms with Gasteiger partial charge in [0.2, 0.25) is 5.95 Å². The zero-order valence-electron chi connectivity index (χ0n) is 13.4. The van der Waals surface area contributed by atoms with E-state index in [0.717, 1.165) is 32.5 Å². The van der Waals surface area contributed by atoms with E-state index in [2.05, 4.69) is 25.9 Å². The fourth-order valence-electron chi connectivity index (χ4n) is 2.68. The predicted molar refractivity (Wildman–Crippen MR) is 98.0 cm³/mol. The highest BCUT2D eigenvalue weighted by atomic mass is 79.9. The van der Waals surface area contributed by atoms with Gasteiger partial charge in [0.05, 0.1) is 30.6 Å². The number of aromatic nitrogens is 3. The lowest BCUT2D eigenvalue weighted by molar-refractivity contribution is 0.386. The minimum atomic E-state index is 0.144. The third-order valence-electron chi connectivity index (χ3n) is 3.85.